The third-order valence-corrected chi connectivity index (χ3v) is 7.05. The Balaban J connectivity index is 1.36. The van der Waals surface area contributed by atoms with Gasteiger partial charge in [-0.1, -0.05) is 66.4 Å². The fourth-order valence-corrected chi connectivity index (χ4v) is 4.98. The molecule has 1 N–H and O–H groups in total. The average molecular weight is 501 g/mol. The fraction of sp³-hybridized carbons (Fsp3) is 0.179. The van der Waals surface area contributed by atoms with Gasteiger partial charge in [-0.25, -0.2) is 19.2 Å². The second-order valence-electron chi connectivity index (χ2n) is 8.48. The van der Waals surface area contributed by atoms with Crippen LogP contribution in [0.25, 0.3) is 11.3 Å². The summed E-state index contributed by atoms with van der Waals surface area (Å²) in [7, 11) is 0. The van der Waals surface area contributed by atoms with Crippen molar-refractivity contribution in [1.82, 2.24) is 9.97 Å². The highest BCUT2D eigenvalue weighted by Crippen LogP contribution is 2.29. The van der Waals surface area contributed by atoms with Crippen molar-refractivity contribution in [2.75, 3.05) is 36.0 Å². The molecule has 1 aliphatic rings. The minimum absolute atomic E-state index is 0.200. The molecule has 0 saturated carbocycles. The van der Waals surface area contributed by atoms with Crippen LogP contribution in [-0.2, 0) is 5.75 Å². The molecule has 0 unspecified atom stereocenters. The van der Waals surface area contributed by atoms with E-state index in [1.54, 1.807) is 18.2 Å². The zero-order valence-corrected chi connectivity index (χ0v) is 20.4. The highest BCUT2D eigenvalue weighted by molar-refractivity contribution is 7.98. The lowest BCUT2D eigenvalue weighted by Gasteiger charge is -2.37. The number of hydrogen-bond acceptors (Lipinski definition) is 6. The van der Waals surface area contributed by atoms with E-state index >= 15 is 0 Å². The van der Waals surface area contributed by atoms with Gasteiger partial charge in [0.25, 0.3) is 0 Å². The average Bonchev–Trinajstić information content (AvgIpc) is 2.93. The summed E-state index contributed by atoms with van der Waals surface area (Å²) in [4.78, 5) is 25.1. The molecule has 1 aromatic heterocycles. The molecule has 8 heteroatoms. The number of piperazine rings is 1. The fourth-order valence-electron chi connectivity index (χ4n) is 4.17. The van der Waals surface area contributed by atoms with Crippen LogP contribution in [0.4, 0.5) is 15.9 Å². The molecular weight excluding hydrogens is 475 g/mol. The number of aromatic nitrogens is 2. The number of carboxylic acids is 1. The zero-order valence-electron chi connectivity index (χ0n) is 19.5. The summed E-state index contributed by atoms with van der Waals surface area (Å²) in [6, 6.07) is 25.8. The number of nitrogens with zero attached hydrogens (tertiary/aromatic N) is 4. The van der Waals surface area contributed by atoms with Crippen molar-refractivity contribution in [3.8, 4) is 11.3 Å². The van der Waals surface area contributed by atoms with Gasteiger partial charge in [0.15, 0.2) is 5.16 Å². The van der Waals surface area contributed by atoms with Gasteiger partial charge in [-0.05, 0) is 29.8 Å². The van der Waals surface area contributed by atoms with Gasteiger partial charge >= 0.3 is 5.97 Å². The summed E-state index contributed by atoms with van der Waals surface area (Å²) in [5.41, 5.74) is 3.76. The molecule has 1 saturated heterocycles. The summed E-state index contributed by atoms with van der Waals surface area (Å²) in [5, 5.41) is 9.78. The summed E-state index contributed by atoms with van der Waals surface area (Å²) >= 11 is 1.52. The van der Waals surface area contributed by atoms with E-state index in [2.05, 4.69) is 9.80 Å². The number of aromatic carboxylic acids is 1. The second-order valence-corrected chi connectivity index (χ2v) is 9.42. The number of halogens is 1. The molecular formula is C28H25FN4O2S. The summed E-state index contributed by atoms with van der Waals surface area (Å²) in [6.07, 6.45) is 0. The van der Waals surface area contributed by atoms with E-state index < -0.39 is 5.97 Å². The number of para-hydroxylation sites is 1. The van der Waals surface area contributed by atoms with Gasteiger partial charge in [0, 0.05) is 43.6 Å². The van der Waals surface area contributed by atoms with Crippen molar-refractivity contribution < 1.29 is 14.3 Å². The van der Waals surface area contributed by atoms with E-state index in [1.165, 1.54) is 17.8 Å². The first-order valence-corrected chi connectivity index (χ1v) is 12.7. The topological polar surface area (TPSA) is 69.6 Å². The maximum atomic E-state index is 14.3. The van der Waals surface area contributed by atoms with Gasteiger partial charge in [0.2, 0.25) is 0 Å². The maximum absolute atomic E-state index is 14.3. The van der Waals surface area contributed by atoms with E-state index in [0.29, 0.717) is 29.7 Å². The van der Waals surface area contributed by atoms with Crippen LogP contribution >= 0.6 is 11.8 Å². The molecule has 6 nitrogen and oxygen atoms in total. The van der Waals surface area contributed by atoms with Gasteiger partial charge in [-0.15, -0.1) is 0 Å². The van der Waals surface area contributed by atoms with Crippen molar-refractivity contribution in [2.45, 2.75) is 10.9 Å². The highest BCUT2D eigenvalue weighted by Gasteiger charge is 2.21. The van der Waals surface area contributed by atoms with Gasteiger partial charge in [-0.3, -0.25) is 0 Å². The molecule has 2 heterocycles. The molecule has 0 spiro atoms. The first-order valence-electron chi connectivity index (χ1n) is 11.7. The number of anilines is 2. The molecule has 1 fully saturated rings. The number of rotatable bonds is 7. The Morgan fingerprint density at radius 2 is 1.53 bits per heavy atom. The molecule has 0 radical (unpaired) electrons. The Kier molecular flexibility index (Phi) is 7.13. The van der Waals surface area contributed by atoms with Crippen LogP contribution in [-0.4, -0.2) is 47.2 Å². The Hall–Kier alpha value is -3.91. The highest BCUT2D eigenvalue weighted by atomic mass is 32.2. The molecule has 36 heavy (non-hydrogen) atoms. The van der Waals surface area contributed by atoms with E-state index in [4.69, 9.17) is 15.1 Å². The quantitative estimate of drug-likeness (QED) is 0.262. The third-order valence-electron chi connectivity index (χ3n) is 6.13. The van der Waals surface area contributed by atoms with Crippen LogP contribution in [0.1, 0.15) is 15.9 Å². The Morgan fingerprint density at radius 3 is 2.22 bits per heavy atom. The normalized spacial score (nSPS) is 13.6. The summed E-state index contributed by atoms with van der Waals surface area (Å²) in [6.45, 7) is 2.84. The summed E-state index contributed by atoms with van der Waals surface area (Å²) < 4.78 is 14.3. The van der Waals surface area contributed by atoms with Gasteiger partial charge < -0.3 is 14.9 Å². The van der Waals surface area contributed by atoms with Crippen molar-refractivity contribution in [3.63, 3.8) is 0 Å². The smallest absolute Gasteiger partial charge is 0.335 e. The minimum atomic E-state index is -0.937. The number of benzene rings is 3. The zero-order chi connectivity index (χ0) is 24.9. The van der Waals surface area contributed by atoms with Gasteiger partial charge in [0.1, 0.15) is 11.6 Å². The Labute approximate surface area is 213 Å². The number of hydrogen-bond donors (Lipinski definition) is 1. The molecule has 0 aliphatic carbocycles. The third kappa shape index (κ3) is 5.49. The molecule has 182 valence electrons. The Morgan fingerprint density at radius 1 is 0.861 bits per heavy atom. The number of carbonyl (C=O) groups is 1. The van der Waals surface area contributed by atoms with E-state index in [9.17, 15) is 9.18 Å². The van der Waals surface area contributed by atoms with Crippen molar-refractivity contribution in [3.05, 3.63) is 102 Å². The van der Waals surface area contributed by atoms with Gasteiger partial charge in [0.05, 0.1) is 16.9 Å². The van der Waals surface area contributed by atoms with Crippen LogP contribution < -0.4 is 9.80 Å². The van der Waals surface area contributed by atoms with E-state index in [-0.39, 0.29) is 11.4 Å². The molecule has 5 rings (SSSR count). The molecule has 0 bridgehead atoms. The van der Waals surface area contributed by atoms with Crippen LogP contribution in [0.3, 0.4) is 0 Å². The minimum Gasteiger partial charge on any atom is -0.478 e. The molecule has 4 aromatic rings. The molecule has 0 amide bonds. The molecule has 1 aliphatic heterocycles. The van der Waals surface area contributed by atoms with Crippen molar-refractivity contribution >= 4 is 29.2 Å². The van der Waals surface area contributed by atoms with Crippen molar-refractivity contribution in [1.29, 1.82) is 0 Å². The lowest BCUT2D eigenvalue weighted by atomic mass is 10.1. The predicted molar refractivity (Wildman–Crippen MR) is 141 cm³/mol. The van der Waals surface area contributed by atoms with Crippen LogP contribution in [0, 0.1) is 5.82 Å². The van der Waals surface area contributed by atoms with Crippen LogP contribution in [0.5, 0.6) is 0 Å². The number of thioether (sulfide) groups is 1. The van der Waals surface area contributed by atoms with Crippen LogP contribution in [0.2, 0.25) is 0 Å². The maximum Gasteiger partial charge on any atom is 0.335 e. The predicted octanol–water partition coefficient (Wildman–Crippen LogP) is 5.60. The standard InChI is InChI=1S/C28H25FN4O2S/c29-23-8-4-5-9-25(23)32-14-16-33(17-15-32)26-18-24(21-6-2-1-3-7-21)30-28(31-26)36-19-20-10-12-22(13-11-20)27(34)35/h1-13,18H,14-17,19H2,(H,34,35). The van der Waals surface area contributed by atoms with Gasteiger partial charge in [-0.2, -0.15) is 0 Å². The second kappa shape index (κ2) is 10.8. The molecule has 3 aromatic carbocycles. The van der Waals surface area contributed by atoms with E-state index in [1.807, 2.05) is 60.7 Å². The van der Waals surface area contributed by atoms with Crippen LogP contribution in [0.15, 0.2) is 90.1 Å². The molecule has 0 atom stereocenters. The Bertz CT molecular complexity index is 1340. The lowest BCUT2D eigenvalue weighted by Crippen LogP contribution is -2.47. The first-order chi connectivity index (χ1) is 17.6. The number of carboxylic acid groups (broad SMARTS) is 1. The largest absolute Gasteiger partial charge is 0.478 e. The monoisotopic (exact) mass is 500 g/mol. The first kappa shape index (κ1) is 23.8. The summed E-state index contributed by atoms with van der Waals surface area (Å²) in [5.74, 6) is 0.335. The SMILES string of the molecule is O=C(O)c1ccc(CSc2nc(-c3ccccc3)cc(N3CCN(c4ccccc4F)CC3)n2)cc1. The van der Waals surface area contributed by atoms with E-state index in [0.717, 1.165) is 35.7 Å². The lowest BCUT2D eigenvalue weighted by molar-refractivity contribution is 0.0697. The van der Waals surface area contributed by atoms with Crippen molar-refractivity contribution in [2.24, 2.45) is 0 Å².